The van der Waals surface area contributed by atoms with Crippen LogP contribution in [-0.4, -0.2) is 89.6 Å². The van der Waals surface area contributed by atoms with Gasteiger partial charge >= 0.3 is 6.09 Å². The predicted octanol–water partition coefficient (Wildman–Crippen LogP) is 5.38. The highest BCUT2D eigenvalue weighted by molar-refractivity contribution is 7.90. The minimum Gasteiger partial charge on any atom is -0.490 e. The van der Waals surface area contributed by atoms with Crippen molar-refractivity contribution in [2.45, 2.75) is 85.9 Å². The maximum Gasteiger partial charge on any atom is 0.410 e. The van der Waals surface area contributed by atoms with Gasteiger partial charge in [0.05, 0.1) is 36.4 Å². The molecule has 274 valence electrons. The molecule has 5 atom stereocenters. The highest BCUT2D eigenvalue weighted by atomic mass is 35.5. The Morgan fingerprint density at radius 2 is 1.92 bits per heavy atom. The van der Waals surface area contributed by atoms with Gasteiger partial charge in [-0.3, -0.25) is 4.79 Å². The number of carbonyl (C=O) groups excluding carboxylic acids is 2. The minimum atomic E-state index is -4.22. The zero-order valence-electron chi connectivity index (χ0n) is 29.0. The molecule has 13 heteroatoms. The lowest BCUT2D eigenvalue weighted by atomic mass is 9.68. The van der Waals surface area contributed by atoms with Gasteiger partial charge < -0.3 is 28.7 Å². The number of aryl methyl sites for hydroxylation is 1. The normalized spacial score (nSPS) is 31.6. The first-order valence-corrected chi connectivity index (χ1v) is 20.1. The van der Waals surface area contributed by atoms with E-state index in [9.17, 15) is 18.0 Å². The first kappa shape index (κ1) is 34.7. The van der Waals surface area contributed by atoms with Crippen LogP contribution in [0.2, 0.25) is 5.02 Å². The molecule has 11 nitrogen and oxygen atoms in total. The van der Waals surface area contributed by atoms with Gasteiger partial charge in [0.2, 0.25) is 0 Å². The third-order valence-electron chi connectivity index (χ3n) is 12.2. The van der Waals surface area contributed by atoms with E-state index >= 15 is 0 Å². The molecule has 3 aliphatic heterocycles. The Morgan fingerprint density at radius 3 is 2.67 bits per heavy atom. The van der Waals surface area contributed by atoms with Crippen LogP contribution in [0.3, 0.4) is 0 Å². The van der Waals surface area contributed by atoms with Gasteiger partial charge in [-0.15, -0.1) is 0 Å². The molecule has 2 aromatic carbocycles. The predicted molar refractivity (Wildman–Crippen MR) is 191 cm³/mol. The average molecular weight is 740 g/mol. The summed E-state index contributed by atoms with van der Waals surface area (Å²) in [6.07, 6.45) is 9.81. The fraction of sp³-hybridized carbons (Fsp3) is 0.579. The number of hydrogen-bond donors (Lipinski definition) is 1. The summed E-state index contributed by atoms with van der Waals surface area (Å²) in [6.45, 7) is 2.81. The van der Waals surface area contributed by atoms with E-state index in [1.54, 1.807) is 24.1 Å². The van der Waals surface area contributed by atoms with Crippen LogP contribution in [0.5, 0.6) is 5.75 Å². The first-order valence-electron chi connectivity index (χ1n) is 18.3. The Labute approximate surface area is 304 Å². The van der Waals surface area contributed by atoms with Crippen LogP contribution < -0.4 is 14.4 Å². The molecular weight excluding hydrogens is 694 g/mol. The standard InChI is InChI=1S/C38H46ClN3O8S/c1-47-28-13-17-41(22-28)36(44)50-33-6-3-18-49-38(15-4-16-38)35(43)40-51(45,46)29-9-12-34-32(20-29)42(21-26-7-10-30(26)33)23-37(24-48-34)14-2-5-25-19-27(39)8-11-31(25)37/h3,6,8-9,11-12,19-20,26,28,30,33H,2,4-5,7,10,13-18,21-24H2,1H3,(H,40,43)/b6-3+/t26-,28+,30+,33-,37-/m0/s1. The van der Waals surface area contributed by atoms with E-state index in [2.05, 4.69) is 21.8 Å². The number of anilines is 1. The summed E-state index contributed by atoms with van der Waals surface area (Å²) in [5.41, 5.74) is 1.51. The number of methoxy groups -OCH3 is 1. The number of carbonyl (C=O) groups is 2. The molecule has 0 aromatic heterocycles. The molecule has 2 amide bonds. The van der Waals surface area contributed by atoms with Gasteiger partial charge in [0.1, 0.15) is 17.5 Å². The van der Waals surface area contributed by atoms with Crippen molar-refractivity contribution < 1.29 is 37.0 Å². The lowest BCUT2D eigenvalue weighted by Crippen LogP contribution is -2.55. The number of fused-ring (bicyclic) bond motifs is 4. The number of nitrogens with one attached hydrogen (secondary N) is 1. The van der Waals surface area contributed by atoms with Gasteiger partial charge in [0.25, 0.3) is 15.9 Å². The number of sulfonamides is 1. The maximum absolute atomic E-state index is 13.8. The Morgan fingerprint density at radius 1 is 1.06 bits per heavy atom. The van der Waals surface area contributed by atoms with Gasteiger partial charge in [0, 0.05) is 43.1 Å². The van der Waals surface area contributed by atoms with Crippen molar-refractivity contribution in [2.75, 3.05) is 51.4 Å². The molecule has 6 aliphatic rings. The third-order valence-corrected chi connectivity index (χ3v) is 13.8. The second-order valence-corrected chi connectivity index (χ2v) is 17.3. The molecule has 51 heavy (non-hydrogen) atoms. The molecule has 1 N–H and O–H groups in total. The summed E-state index contributed by atoms with van der Waals surface area (Å²) in [7, 11) is -2.56. The van der Waals surface area contributed by atoms with Gasteiger partial charge in [-0.1, -0.05) is 23.7 Å². The summed E-state index contributed by atoms with van der Waals surface area (Å²) < 4.78 is 54.4. The van der Waals surface area contributed by atoms with E-state index in [4.69, 9.17) is 30.5 Å². The number of benzene rings is 2. The zero-order chi connectivity index (χ0) is 35.4. The lowest BCUT2D eigenvalue weighted by molar-refractivity contribution is -0.155. The van der Waals surface area contributed by atoms with Crippen LogP contribution in [0.4, 0.5) is 10.5 Å². The molecule has 0 unspecified atom stereocenters. The maximum atomic E-state index is 13.8. The summed E-state index contributed by atoms with van der Waals surface area (Å²) >= 11 is 6.45. The number of rotatable bonds is 2. The molecular formula is C38H46ClN3O8S. The molecule has 2 saturated carbocycles. The topological polar surface area (TPSA) is 124 Å². The summed E-state index contributed by atoms with van der Waals surface area (Å²) in [5, 5.41) is 0.706. The van der Waals surface area contributed by atoms with Gasteiger partial charge in [-0.25, -0.2) is 17.9 Å². The Bertz CT molecular complexity index is 1830. The van der Waals surface area contributed by atoms with E-state index < -0.39 is 27.6 Å². The largest absolute Gasteiger partial charge is 0.490 e. The Hall–Kier alpha value is -3.32. The van der Waals surface area contributed by atoms with Crippen LogP contribution in [0.25, 0.3) is 0 Å². The van der Waals surface area contributed by atoms with E-state index in [0.29, 0.717) is 62.1 Å². The number of likely N-dealkylation sites (tertiary alicyclic amines) is 1. The van der Waals surface area contributed by atoms with E-state index in [1.807, 2.05) is 18.2 Å². The van der Waals surface area contributed by atoms with E-state index in [1.165, 1.54) is 17.2 Å². The minimum absolute atomic E-state index is 0.00613. The highest BCUT2D eigenvalue weighted by Crippen LogP contribution is 2.47. The molecule has 3 heterocycles. The Balaban J connectivity index is 1.17. The van der Waals surface area contributed by atoms with Crippen LogP contribution in [0, 0.1) is 11.8 Å². The molecule has 2 aromatic rings. The monoisotopic (exact) mass is 739 g/mol. The van der Waals surface area contributed by atoms with E-state index in [-0.39, 0.29) is 41.0 Å². The molecule has 8 rings (SSSR count). The average Bonchev–Trinajstić information content (AvgIpc) is 3.51. The van der Waals surface area contributed by atoms with Gasteiger partial charge in [-0.2, -0.15) is 0 Å². The van der Waals surface area contributed by atoms with Gasteiger partial charge in [0.15, 0.2) is 0 Å². The summed E-state index contributed by atoms with van der Waals surface area (Å²) in [5.74, 6) is 0.115. The smallest absolute Gasteiger partial charge is 0.410 e. The quantitative estimate of drug-likeness (QED) is 0.405. The summed E-state index contributed by atoms with van der Waals surface area (Å²) in [4.78, 5) is 31.0. The van der Waals surface area contributed by atoms with Crippen LogP contribution in [-0.2, 0) is 40.9 Å². The summed E-state index contributed by atoms with van der Waals surface area (Å²) in [6, 6.07) is 11.0. The molecule has 2 bridgehead atoms. The van der Waals surface area contributed by atoms with Crippen molar-refractivity contribution in [3.63, 3.8) is 0 Å². The first-order chi connectivity index (χ1) is 24.6. The van der Waals surface area contributed by atoms with Crippen molar-refractivity contribution in [3.05, 3.63) is 64.7 Å². The van der Waals surface area contributed by atoms with Crippen LogP contribution in [0.1, 0.15) is 62.5 Å². The lowest BCUT2D eigenvalue weighted by Gasteiger charge is -2.46. The zero-order valence-corrected chi connectivity index (χ0v) is 30.6. The fourth-order valence-corrected chi connectivity index (χ4v) is 10.2. The van der Waals surface area contributed by atoms with Crippen molar-refractivity contribution in [1.29, 1.82) is 0 Å². The van der Waals surface area contributed by atoms with Crippen molar-refractivity contribution in [1.82, 2.24) is 9.62 Å². The van der Waals surface area contributed by atoms with Crippen molar-refractivity contribution >= 4 is 39.3 Å². The number of amides is 2. The molecule has 0 radical (unpaired) electrons. The molecule has 3 aliphatic carbocycles. The van der Waals surface area contributed by atoms with Gasteiger partial charge in [-0.05, 0) is 111 Å². The fourth-order valence-electron chi connectivity index (χ4n) is 8.95. The number of hydrogen-bond acceptors (Lipinski definition) is 9. The number of ether oxygens (including phenoxy) is 4. The molecule has 1 saturated heterocycles. The van der Waals surface area contributed by atoms with Crippen LogP contribution >= 0.6 is 11.6 Å². The number of halogens is 1. The molecule has 2 spiro atoms. The highest BCUT2D eigenvalue weighted by Gasteiger charge is 2.48. The van der Waals surface area contributed by atoms with Crippen molar-refractivity contribution in [2.24, 2.45) is 11.8 Å². The second-order valence-electron chi connectivity index (χ2n) is 15.2. The SMILES string of the molecule is CO[C@@H]1CCN(C(=O)O[C@H]2/C=C/COC3(CCC3)C(=O)NS(=O)(=O)c3ccc4c(c3)N(C[C@@H]3CC[C@H]32)C[C@@]2(CCCc3cc(Cl)ccc32)CO4)C1. The Kier molecular flexibility index (Phi) is 9.26. The second kappa shape index (κ2) is 13.6. The van der Waals surface area contributed by atoms with E-state index in [0.717, 1.165) is 44.9 Å². The van der Waals surface area contributed by atoms with Crippen molar-refractivity contribution in [3.8, 4) is 5.75 Å². The molecule has 3 fully saturated rings. The van der Waals surface area contributed by atoms with Crippen LogP contribution in [0.15, 0.2) is 53.4 Å². The number of nitrogens with zero attached hydrogens (tertiary/aromatic N) is 2. The third kappa shape index (κ3) is 6.51.